The van der Waals surface area contributed by atoms with Gasteiger partial charge in [0.05, 0.1) is 6.54 Å². The summed E-state index contributed by atoms with van der Waals surface area (Å²) < 4.78 is 0. The standard InChI is InChI=1S/C14H14ClNOS2/c15-11-3-5-12(6-4-11)19-9-7-14(17)16-10-13-2-1-8-18-13/h1-6,8H,7,9-10H2,(H,16,17). The first-order chi connectivity index (χ1) is 9.24. The van der Waals surface area contributed by atoms with Crippen LogP contribution in [0, 0.1) is 0 Å². The van der Waals surface area contributed by atoms with Crippen molar-refractivity contribution in [3.05, 3.63) is 51.7 Å². The van der Waals surface area contributed by atoms with Crippen LogP contribution >= 0.6 is 34.7 Å². The van der Waals surface area contributed by atoms with E-state index < -0.39 is 0 Å². The summed E-state index contributed by atoms with van der Waals surface area (Å²) in [5.41, 5.74) is 0. The zero-order valence-corrected chi connectivity index (χ0v) is 12.7. The third-order valence-corrected chi connectivity index (χ3v) is 4.59. The lowest BCUT2D eigenvalue weighted by atomic mass is 10.4. The number of halogens is 1. The Morgan fingerprint density at radius 1 is 1.26 bits per heavy atom. The van der Waals surface area contributed by atoms with Crippen molar-refractivity contribution >= 4 is 40.6 Å². The lowest BCUT2D eigenvalue weighted by Gasteiger charge is -2.04. The molecular formula is C14H14ClNOS2. The molecule has 0 atom stereocenters. The van der Waals surface area contributed by atoms with Crippen LogP contribution in [0.4, 0.5) is 0 Å². The number of hydrogen-bond acceptors (Lipinski definition) is 3. The molecule has 0 aliphatic rings. The Labute approximate surface area is 126 Å². The second-order valence-corrected chi connectivity index (χ2v) is 6.55. The molecule has 0 aliphatic heterocycles. The van der Waals surface area contributed by atoms with E-state index in [-0.39, 0.29) is 5.91 Å². The zero-order valence-electron chi connectivity index (χ0n) is 10.3. The van der Waals surface area contributed by atoms with Gasteiger partial charge in [0.1, 0.15) is 0 Å². The molecule has 0 fully saturated rings. The predicted octanol–water partition coefficient (Wildman–Crippen LogP) is 4.20. The molecule has 0 saturated carbocycles. The minimum absolute atomic E-state index is 0.0925. The number of rotatable bonds is 6. The van der Waals surface area contributed by atoms with Crippen molar-refractivity contribution in [1.29, 1.82) is 0 Å². The van der Waals surface area contributed by atoms with Crippen LogP contribution in [-0.2, 0) is 11.3 Å². The number of hydrogen-bond donors (Lipinski definition) is 1. The number of carbonyl (C=O) groups is 1. The number of benzene rings is 1. The summed E-state index contributed by atoms with van der Waals surface area (Å²) in [6, 6.07) is 11.7. The molecule has 0 spiro atoms. The molecule has 100 valence electrons. The van der Waals surface area contributed by atoms with E-state index in [0.717, 1.165) is 15.7 Å². The lowest BCUT2D eigenvalue weighted by Crippen LogP contribution is -2.22. The van der Waals surface area contributed by atoms with Gasteiger partial charge in [0.2, 0.25) is 5.91 Å². The van der Waals surface area contributed by atoms with Crippen LogP contribution < -0.4 is 5.32 Å². The highest BCUT2D eigenvalue weighted by molar-refractivity contribution is 7.99. The number of thioether (sulfide) groups is 1. The first kappa shape index (κ1) is 14.4. The second kappa shape index (κ2) is 7.58. The van der Waals surface area contributed by atoms with Crippen molar-refractivity contribution in [2.45, 2.75) is 17.9 Å². The van der Waals surface area contributed by atoms with E-state index in [4.69, 9.17) is 11.6 Å². The third-order valence-electron chi connectivity index (χ3n) is 2.45. The Morgan fingerprint density at radius 2 is 2.05 bits per heavy atom. The lowest BCUT2D eigenvalue weighted by molar-refractivity contribution is -0.120. The van der Waals surface area contributed by atoms with Gasteiger partial charge in [0, 0.05) is 27.0 Å². The Kier molecular flexibility index (Phi) is 5.76. The van der Waals surface area contributed by atoms with Crippen LogP contribution in [0.3, 0.4) is 0 Å². The van der Waals surface area contributed by atoms with Gasteiger partial charge in [-0.2, -0.15) is 0 Å². The van der Waals surface area contributed by atoms with Gasteiger partial charge in [-0.15, -0.1) is 23.1 Å². The van der Waals surface area contributed by atoms with Crippen molar-refractivity contribution in [2.24, 2.45) is 0 Å². The predicted molar refractivity (Wildman–Crippen MR) is 83.0 cm³/mol. The van der Waals surface area contributed by atoms with Crippen molar-refractivity contribution in [3.63, 3.8) is 0 Å². The van der Waals surface area contributed by atoms with E-state index >= 15 is 0 Å². The molecule has 0 saturated heterocycles. The van der Waals surface area contributed by atoms with E-state index in [1.54, 1.807) is 23.1 Å². The fourth-order valence-electron chi connectivity index (χ4n) is 1.48. The molecule has 2 nitrogen and oxygen atoms in total. The van der Waals surface area contributed by atoms with Crippen LogP contribution in [-0.4, -0.2) is 11.7 Å². The summed E-state index contributed by atoms with van der Waals surface area (Å²) in [6.45, 7) is 0.627. The van der Waals surface area contributed by atoms with E-state index in [1.807, 2.05) is 41.8 Å². The highest BCUT2D eigenvalue weighted by Gasteiger charge is 2.02. The Bertz CT molecular complexity index is 511. The molecule has 0 radical (unpaired) electrons. The molecule has 1 aromatic carbocycles. The molecule has 19 heavy (non-hydrogen) atoms. The second-order valence-electron chi connectivity index (χ2n) is 3.91. The largest absolute Gasteiger partial charge is 0.351 e. The van der Waals surface area contributed by atoms with Gasteiger partial charge in [-0.1, -0.05) is 17.7 Å². The summed E-state index contributed by atoms with van der Waals surface area (Å²) in [6.07, 6.45) is 0.526. The number of thiophene rings is 1. The zero-order chi connectivity index (χ0) is 13.5. The summed E-state index contributed by atoms with van der Waals surface area (Å²) in [7, 11) is 0. The van der Waals surface area contributed by atoms with Gasteiger partial charge >= 0.3 is 0 Å². The van der Waals surface area contributed by atoms with Crippen molar-refractivity contribution in [1.82, 2.24) is 5.32 Å². The Morgan fingerprint density at radius 3 is 2.74 bits per heavy atom. The Hall–Kier alpha value is -0.970. The highest BCUT2D eigenvalue weighted by atomic mass is 35.5. The summed E-state index contributed by atoms with van der Waals surface area (Å²) in [5, 5.41) is 5.66. The average molecular weight is 312 g/mol. The summed E-state index contributed by atoms with van der Waals surface area (Å²) in [5.74, 6) is 0.868. The number of carbonyl (C=O) groups excluding carboxylic acids is 1. The van der Waals surface area contributed by atoms with Gasteiger partial charge in [-0.3, -0.25) is 4.79 Å². The molecule has 1 heterocycles. The maximum Gasteiger partial charge on any atom is 0.221 e. The summed E-state index contributed by atoms with van der Waals surface area (Å²) in [4.78, 5) is 14.0. The monoisotopic (exact) mass is 311 g/mol. The first-order valence-electron chi connectivity index (χ1n) is 5.91. The van der Waals surface area contributed by atoms with Gasteiger partial charge in [0.15, 0.2) is 0 Å². The fourth-order valence-corrected chi connectivity index (χ4v) is 3.10. The minimum atomic E-state index is 0.0925. The number of nitrogens with one attached hydrogen (secondary N) is 1. The van der Waals surface area contributed by atoms with Crippen LogP contribution in [0.25, 0.3) is 0 Å². The smallest absolute Gasteiger partial charge is 0.221 e. The van der Waals surface area contributed by atoms with Gasteiger partial charge in [0.25, 0.3) is 0 Å². The van der Waals surface area contributed by atoms with Gasteiger partial charge in [-0.05, 0) is 35.7 Å². The highest BCUT2D eigenvalue weighted by Crippen LogP contribution is 2.20. The third kappa shape index (κ3) is 5.27. The van der Waals surface area contributed by atoms with E-state index in [9.17, 15) is 4.79 Å². The van der Waals surface area contributed by atoms with Crippen LogP contribution in [0.15, 0.2) is 46.7 Å². The van der Waals surface area contributed by atoms with Crippen molar-refractivity contribution < 1.29 is 4.79 Å². The van der Waals surface area contributed by atoms with Crippen molar-refractivity contribution in [3.8, 4) is 0 Å². The van der Waals surface area contributed by atoms with Crippen LogP contribution in [0.2, 0.25) is 5.02 Å². The van der Waals surface area contributed by atoms with E-state index in [1.165, 1.54) is 4.88 Å². The maximum absolute atomic E-state index is 11.6. The number of amides is 1. The molecule has 0 bridgehead atoms. The molecule has 1 aromatic heterocycles. The quantitative estimate of drug-likeness (QED) is 0.810. The molecule has 2 aromatic rings. The van der Waals surface area contributed by atoms with Crippen LogP contribution in [0.1, 0.15) is 11.3 Å². The molecule has 1 N–H and O–H groups in total. The topological polar surface area (TPSA) is 29.1 Å². The fraction of sp³-hybridized carbons (Fsp3) is 0.214. The summed E-state index contributed by atoms with van der Waals surface area (Å²) >= 11 is 9.13. The van der Waals surface area contributed by atoms with Crippen molar-refractivity contribution in [2.75, 3.05) is 5.75 Å². The van der Waals surface area contributed by atoms with Gasteiger partial charge in [-0.25, -0.2) is 0 Å². The SMILES string of the molecule is O=C(CCSc1ccc(Cl)cc1)NCc1cccs1. The molecular weight excluding hydrogens is 298 g/mol. The molecule has 1 amide bonds. The maximum atomic E-state index is 11.6. The Balaban J connectivity index is 1.65. The average Bonchev–Trinajstić information content (AvgIpc) is 2.92. The van der Waals surface area contributed by atoms with E-state index in [2.05, 4.69) is 5.32 Å². The first-order valence-corrected chi connectivity index (χ1v) is 8.16. The molecule has 2 rings (SSSR count). The molecule has 0 aliphatic carbocycles. The van der Waals surface area contributed by atoms with E-state index in [0.29, 0.717) is 13.0 Å². The normalized spacial score (nSPS) is 10.4. The van der Waals surface area contributed by atoms with Crippen LogP contribution in [0.5, 0.6) is 0 Å². The minimum Gasteiger partial charge on any atom is -0.351 e. The van der Waals surface area contributed by atoms with Gasteiger partial charge < -0.3 is 5.32 Å². The molecule has 5 heteroatoms. The molecule has 0 unspecified atom stereocenters.